The van der Waals surface area contributed by atoms with Crippen molar-refractivity contribution in [3.8, 4) is 11.5 Å². The Hall–Kier alpha value is -0.633. The molecule has 1 aliphatic heterocycles. The second kappa shape index (κ2) is 7.29. The van der Waals surface area contributed by atoms with Crippen LogP contribution in [0, 0.1) is 16.9 Å². The van der Waals surface area contributed by atoms with Gasteiger partial charge in [-0.15, -0.1) is 11.5 Å². The lowest BCUT2D eigenvalue weighted by atomic mass is 9.78. The first kappa shape index (κ1) is 19.4. The largest absolute Gasteiger partial charge is 0.350 e. The van der Waals surface area contributed by atoms with Crippen molar-refractivity contribution >= 4 is 13.9 Å². The molecule has 0 spiro atoms. The summed E-state index contributed by atoms with van der Waals surface area (Å²) >= 11 is 0. The first-order chi connectivity index (χ1) is 9.94. The molecule has 1 saturated heterocycles. The Balaban J connectivity index is 2.50. The summed E-state index contributed by atoms with van der Waals surface area (Å²) in [5, 5.41) is 0. The molecule has 0 aromatic heterocycles. The molecule has 1 atom stereocenters. The molecule has 1 heterocycles. The minimum Gasteiger partial charge on any atom is -0.350 e. The molecule has 1 fully saturated rings. The van der Waals surface area contributed by atoms with Crippen molar-refractivity contribution in [3.05, 3.63) is 0 Å². The molecule has 0 amide bonds. The van der Waals surface area contributed by atoms with E-state index in [-0.39, 0.29) is 11.9 Å². The van der Waals surface area contributed by atoms with E-state index in [9.17, 15) is 4.79 Å². The molecule has 22 heavy (non-hydrogen) atoms. The second-order valence-electron chi connectivity index (χ2n) is 8.19. The van der Waals surface area contributed by atoms with Crippen LogP contribution < -0.4 is 0 Å². The minimum atomic E-state index is -1.29. The number of ketones is 1. The quantitative estimate of drug-likeness (QED) is 0.432. The zero-order valence-electron chi connectivity index (χ0n) is 15.3. The van der Waals surface area contributed by atoms with E-state index >= 15 is 0 Å². The van der Waals surface area contributed by atoms with Crippen LogP contribution in [0.2, 0.25) is 19.6 Å². The maximum absolute atomic E-state index is 12.6. The molecule has 0 aromatic rings. The zero-order valence-corrected chi connectivity index (χ0v) is 16.3. The number of hydrogen-bond acceptors (Lipinski definition) is 3. The number of hydrogen-bond donors (Lipinski definition) is 0. The molecular formula is C18H32O3Si. The zero-order chi connectivity index (χ0) is 17.0. The lowest BCUT2D eigenvalue weighted by molar-refractivity contribution is -0.288. The summed E-state index contributed by atoms with van der Waals surface area (Å²) in [6.07, 6.45) is 2.93. The van der Waals surface area contributed by atoms with E-state index in [1.165, 1.54) is 0 Å². The van der Waals surface area contributed by atoms with E-state index in [0.29, 0.717) is 13.0 Å². The van der Waals surface area contributed by atoms with Crippen LogP contribution in [-0.2, 0) is 14.3 Å². The van der Waals surface area contributed by atoms with Gasteiger partial charge in [-0.05, 0) is 26.7 Å². The van der Waals surface area contributed by atoms with Crippen LogP contribution in [0.15, 0.2) is 0 Å². The van der Waals surface area contributed by atoms with Gasteiger partial charge in [0.1, 0.15) is 13.9 Å². The summed E-state index contributed by atoms with van der Waals surface area (Å²) in [6, 6.07) is 0. The second-order valence-corrected chi connectivity index (χ2v) is 12.9. The predicted molar refractivity (Wildman–Crippen MR) is 93.3 cm³/mol. The van der Waals surface area contributed by atoms with E-state index in [0.717, 1.165) is 19.3 Å². The lowest BCUT2D eigenvalue weighted by Crippen LogP contribution is -2.49. The van der Waals surface area contributed by atoms with E-state index in [4.69, 9.17) is 9.47 Å². The van der Waals surface area contributed by atoms with Crippen LogP contribution in [0.25, 0.3) is 0 Å². The van der Waals surface area contributed by atoms with E-state index in [2.05, 4.69) is 31.1 Å². The topological polar surface area (TPSA) is 35.5 Å². The molecule has 0 bridgehead atoms. The van der Waals surface area contributed by atoms with Crippen LogP contribution >= 0.6 is 0 Å². The Bertz CT molecular complexity index is 449. The smallest absolute Gasteiger partial charge is 0.163 e. The summed E-state index contributed by atoms with van der Waals surface area (Å²) in [6.45, 7) is 15.2. The third-order valence-corrected chi connectivity index (χ3v) is 4.88. The van der Waals surface area contributed by atoms with E-state index in [1.807, 2.05) is 27.7 Å². The van der Waals surface area contributed by atoms with E-state index in [1.54, 1.807) is 0 Å². The van der Waals surface area contributed by atoms with Gasteiger partial charge in [-0.25, -0.2) is 0 Å². The minimum absolute atomic E-state index is 0.0724. The Morgan fingerprint density at radius 2 is 1.95 bits per heavy atom. The number of carbonyl (C=O) groups excluding carboxylic acids is 1. The molecule has 0 saturated carbocycles. The van der Waals surface area contributed by atoms with Gasteiger partial charge in [0.05, 0.1) is 12.7 Å². The SMILES string of the molecule is CC1(C)OCCC(C(C)(C)C(=O)CCCC#C[Si](C)(C)C)O1. The van der Waals surface area contributed by atoms with Gasteiger partial charge in [-0.1, -0.05) is 33.5 Å². The Labute approximate surface area is 137 Å². The van der Waals surface area contributed by atoms with Crippen LogP contribution in [0.4, 0.5) is 0 Å². The van der Waals surface area contributed by atoms with Gasteiger partial charge >= 0.3 is 0 Å². The van der Waals surface area contributed by atoms with Crippen LogP contribution in [0.1, 0.15) is 53.4 Å². The number of rotatable bonds is 5. The maximum Gasteiger partial charge on any atom is 0.163 e. The average Bonchev–Trinajstić information content (AvgIpc) is 2.35. The van der Waals surface area contributed by atoms with Gasteiger partial charge in [-0.3, -0.25) is 4.79 Å². The third-order valence-electron chi connectivity index (χ3n) is 3.95. The first-order valence-electron chi connectivity index (χ1n) is 8.29. The highest BCUT2D eigenvalue weighted by molar-refractivity contribution is 6.83. The fraction of sp³-hybridized carbons (Fsp3) is 0.833. The van der Waals surface area contributed by atoms with Gasteiger partial charge < -0.3 is 9.47 Å². The van der Waals surface area contributed by atoms with Crippen molar-refractivity contribution in [2.45, 2.75) is 84.9 Å². The monoisotopic (exact) mass is 324 g/mol. The highest BCUT2D eigenvalue weighted by atomic mass is 28.3. The van der Waals surface area contributed by atoms with Gasteiger partial charge in [-0.2, -0.15) is 0 Å². The van der Waals surface area contributed by atoms with Crippen molar-refractivity contribution in [1.82, 2.24) is 0 Å². The van der Waals surface area contributed by atoms with Gasteiger partial charge in [0.25, 0.3) is 0 Å². The predicted octanol–water partition coefficient (Wildman–Crippen LogP) is 4.17. The Kier molecular flexibility index (Phi) is 6.43. The molecule has 126 valence electrons. The Morgan fingerprint density at radius 3 is 2.50 bits per heavy atom. The van der Waals surface area contributed by atoms with Crippen molar-refractivity contribution in [2.75, 3.05) is 6.61 Å². The molecule has 1 rings (SSSR count). The van der Waals surface area contributed by atoms with Crippen molar-refractivity contribution in [2.24, 2.45) is 5.41 Å². The highest BCUT2D eigenvalue weighted by Crippen LogP contribution is 2.35. The summed E-state index contributed by atoms with van der Waals surface area (Å²) < 4.78 is 11.5. The fourth-order valence-electron chi connectivity index (χ4n) is 2.52. The van der Waals surface area contributed by atoms with Crippen LogP contribution in [-0.4, -0.2) is 32.4 Å². The number of ether oxygens (including phenoxy) is 2. The number of carbonyl (C=O) groups is 1. The highest BCUT2D eigenvalue weighted by Gasteiger charge is 2.42. The maximum atomic E-state index is 12.6. The molecule has 0 aliphatic carbocycles. The molecule has 3 nitrogen and oxygen atoms in total. The average molecular weight is 325 g/mol. The normalized spacial score (nSPS) is 21.9. The molecule has 0 radical (unpaired) electrons. The molecular weight excluding hydrogens is 292 g/mol. The molecule has 0 aromatic carbocycles. The lowest BCUT2D eigenvalue weighted by Gasteiger charge is -2.42. The molecule has 1 unspecified atom stereocenters. The van der Waals surface area contributed by atoms with Gasteiger partial charge in [0.2, 0.25) is 0 Å². The van der Waals surface area contributed by atoms with Gasteiger partial charge in [0, 0.05) is 18.3 Å². The van der Waals surface area contributed by atoms with Crippen LogP contribution in [0.5, 0.6) is 0 Å². The van der Waals surface area contributed by atoms with Crippen LogP contribution in [0.3, 0.4) is 0 Å². The standard InChI is InChI=1S/C18H32O3Si/c1-17(2,16-12-13-20-18(3,4)21-16)15(19)11-9-8-10-14-22(5,6)7/h16H,8-9,11-13H2,1-7H3. The number of Topliss-reactive ketones (excluding diaryl/α,β-unsaturated/α-hetero) is 1. The first-order valence-corrected chi connectivity index (χ1v) is 11.8. The summed E-state index contributed by atoms with van der Waals surface area (Å²) in [7, 11) is -1.29. The van der Waals surface area contributed by atoms with Crippen molar-refractivity contribution in [3.63, 3.8) is 0 Å². The van der Waals surface area contributed by atoms with Crippen molar-refractivity contribution in [1.29, 1.82) is 0 Å². The summed E-state index contributed by atoms with van der Waals surface area (Å²) in [5.41, 5.74) is 2.88. The fourth-order valence-corrected chi connectivity index (χ4v) is 3.18. The Morgan fingerprint density at radius 1 is 1.32 bits per heavy atom. The molecule has 4 heteroatoms. The third kappa shape index (κ3) is 6.24. The summed E-state index contributed by atoms with van der Waals surface area (Å²) in [4.78, 5) is 12.6. The molecule has 1 aliphatic rings. The van der Waals surface area contributed by atoms with Gasteiger partial charge in [0.15, 0.2) is 5.79 Å². The van der Waals surface area contributed by atoms with Crippen molar-refractivity contribution < 1.29 is 14.3 Å². The molecule has 0 N–H and O–H groups in total. The summed E-state index contributed by atoms with van der Waals surface area (Å²) in [5.74, 6) is 2.91. The van der Waals surface area contributed by atoms with E-state index < -0.39 is 19.3 Å². The number of unbranched alkanes of at least 4 members (excludes halogenated alkanes) is 1.